The van der Waals surface area contributed by atoms with Crippen LogP contribution in [0.15, 0.2) is 12.1 Å². The monoisotopic (exact) mass is 343 g/mol. The SMILES string of the molecule is Cc1ccc(N2CCC3(CCC(=O)N([C@@H]4CCN(C)C4)C3)CC2)nn1. The van der Waals surface area contributed by atoms with Crippen LogP contribution in [-0.2, 0) is 4.79 Å². The summed E-state index contributed by atoms with van der Waals surface area (Å²) in [5.74, 6) is 1.36. The number of hydrogen-bond donors (Lipinski definition) is 0. The standard InChI is InChI=1S/C19H29N5O/c1-15-3-4-17(21-20-15)23-11-8-19(9-12-23)7-5-18(25)24(14-19)16-6-10-22(2)13-16/h3-4,16H,5-14H2,1-2H3/t16-/m1/s1. The van der Waals surface area contributed by atoms with E-state index in [0.717, 1.165) is 76.3 Å². The van der Waals surface area contributed by atoms with Crippen LogP contribution in [0.3, 0.4) is 0 Å². The molecule has 3 aliphatic rings. The fourth-order valence-electron chi connectivity index (χ4n) is 4.72. The second kappa shape index (κ2) is 6.56. The van der Waals surface area contributed by atoms with E-state index in [-0.39, 0.29) is 0 Å². The topological polar surface area (TPSA) is 52.6 Å². The molecule has 1 atom stereocenters. The average Bonchev–Trinajstić information content (AvgIpc) is 3.05. The molecule has 0 N–H and O–H groups in total. The smallest absolute Gasteiger partial charge is 0.222 e. The van der Waals surface area contributed by atoms with Crippen molar-refractivity contribution in [3.63, 3.8) is 0 Å². The van der Waals surface area contributed by atoms with Crippen LogP contribution >= 0.6 is 0 Å². The summed E-state index contributed by atoms with van der Waals surface area (Å²) in [7, 11) is 2.16. The van der Waals surface area contributed by atoms with Crippen molar-refractivity contribution in [2.24, 2.45) is 5.41 Å². The second-order valence-electron chi connectivity index (χ2n) is 8.25. The predicted octanol–water partition coefficient (Wildman–Crippen LogP) is 1.70. The molecule has 1 spiro atoms. The van der Waals surface area contributed by atoms with Crippen LogP contribution in [0.5, 0.6) is 0 Å². The summed E-state index contributed by atoms with van der Waals surface area (Å²) in [5.41, 5.74) is 1.27. The maximum atomic E-state index is 12.5. The lowest BCUT2D eigenvalue weighted by molar-refractivity contribution is -0.141. The molecule has 136 valence electrons. The minimum absolute atomic E-state index is 0.309. The van der Waals surface area contributed by atoms with Gasteiger partial charge in [-0.15, -0.1) is 5.10 Å². The van der Waals surface area contributed by atoms with E-state index in [9.17, 15) is 4.79 Å². The molecule has 0 unspecified atom stereocenters. The Hall–Kier alpha value is -1.69. The average molecular weight is 343 g/mol. The molecule has 6 nitrogen and oxygen atoms in total. The van der Waals surface area contributed by atoms with Crippen molar-refractivity contribution in [1.82, 2.24) is 20.0 Å². The van der Waals surface area contributed by atoms with Gasteiger partial charge in [0.25, 0.3) is 0 Å². The lowest BCUT2D eigenvalue weighted by Crippen LogP contribution is -2.55. The third-order valence-electron chi connectivity index (χ3n) is 6.43. The molecule has 0 saturated carbocycles. The van der Waals surface area contributed by atoms with Crippen LogP contribution in [0, 0.1) is 12.3 Å². The third kappa shape index (κ3) is 3.36. The normalized spacial score (nSPS) is 27.3. The van der Waals surface area contributed by atoms with E-state index in [2.05, 4.69) is 38.0 Å². The second-order valence-corrected chi connectivity index (χ2v) is 8.25. The van der Waals surface area contributed by atoms with Crippen molar-refractivity contribution in [1.29, 1.82) is 0 Å². The summed E-state index contributed by atoms with van der Waals surface area (Å²) in [6.45, 7) is 7.11. The largest absolute Gasteiger partial charge is 0.355 e. The maximum Gasteiger partial charge on any atom is 0.222 e. The maximum absolute atomic E-state index is 12.5. The van der Waals surface area contributed by atoms with E-state index in [4.69, 9.17) is 0 Å². The van der Waals surface area contributed by atoms with Gasteiger partial charge in [0.05, 0.1) is 5.69 Å². The highest BCUT2D eigenvalue weighted by atomic mass is 16.2. The summed E-state index contributed by atoms with van der Waals surface area (Å²) < 4.78 is 0. The number of anilines is 1. The molecule has 25 heavy (non-hydrogen) atoms. The van der Waals surface area contributed by atoms with Gasteiger partial charge in [0.15, 0.2) is 5.82 Å². The van der Waals surface area contributed by atoms with Gasteiger partial charge >= 0.3 is 0 Å². The number of rotatable bonds is 2. The molecular formula is C19H29N5O. The first-order valence-corrected chi connectivity index (χ1v) is 9.58. The van der Waals surface area contributed by atoms with Gasteiger partial charge in [-0.3, -0.25) is 4.79 Å². The number of hydrogen-bond acceptors (Lipinski definition) is 5. The molecule has 3 fully saturated rings. The summed E-state index contributed by atoms with van der Waals surface area (Å²) in [4.78, 5) is 19.4. The van der Waals surface area contributed by atoms with Gasteiger partial charge in [-0.05, 0) is 63.7 Å². The van der Waals surface area contributed by atoms with Crippen LogP contribution in [-0.4, -0.2) is 71.7 Å². The molecule has 0 bridgehead atoms. The molecule has 4 heterocycles. The first kappa shape index (κ1) is 16.8. The highest BCUT2D eigenvalue weighted by Gasteiger charge is 2.43. The van der Waals surface area contributed by atoms with Gasteiger partial charge in [0.2, 0.25) is 5.91 Å². The molecule has 0 aromatic carbocycles. The molecule has 1 aromatic rings. The molecule has 3 aliphatic heterocycles. The Morgan fingerprint density at radius 3 is 2.56 bits per heavy atom. The molecule has 1 amide bonds. The van der Waals surface area contributed by atoms with E-state index in [1.165, 1.54) is 0 Å². The number of carbonyl (C=O) groups excluding carboxylic acids is 1. The minimum atomic E-state index is 0.309. The first-order chi connectivity index (χ1) is 12.0. The Kier molecular flexibility index (Phi) is 4.40. The molecular weight excluding hydrogens is 314 g/mol. The molecule has 0 radical (unpaired) electrons. The van der Waals surface area contributed by atoms with Crippen molar-refractivity contribution in [3.8, 4) is 0 Å². The summed E-state index contributed by atoms with van der Waals surface area (Å²) in [5, 5.41) is 8.53. The highest BCUT2D eigenvalue weighted by molar-refractivity contribution is 5.77. The lowest BCUT2D eigenvalue weighted by atomic mass is 9.72. The molecule has 4 rings (SSSR count). The predicted molar refractivity (Wildman–Crippen MR) is 97.5 cm³/mol. The zero-order valence-electron chi connectivity index (χ0n) is 15.4. The number of likely N-dealkylation sites (N-methyl/N-ethyl adjacent to an activating group) is 1. The van der Waals surface area contributed by atoms with E-state index in [0.29, 0.717) is 17.4 Å². The molecule has 6 heteroatoms. The van der Waals surface area contributed by atoms with E-state index < -0.39 is 0 Å². The van der Waals surface area contributed by atoms with Crippen LogP contribution in [0.1, 0.15) is 37.8 Å². The Labute approximate surface area is 150 Å². The van der Waals surface area contributed by atoms with Crippen LogP contribution in [0.4, 0.5) is 5.82 Å². The number of aromatic nitrogens is 2. The number of nitrogens with zero attached hydrogens (tertiary/aromatic N) is 5. The summed E-state index contributed by atoms with van der Waals surface area (Å²) >= 11 is 0. The molecule has 0 aliphatic carbocycles. The van der Waals surface area contributed by atoms with Gasteiger partial charge in [-0.1, -0.05) is 0 Å². The van der Waals surface area contributed by atoms with Crippen molar-refractivity contribution in [2.45, 2.75) is 45.1 Å². The van der Waals surface area contributed by atoms with Gasteiger partial charge in [-0.25, -0.2) is 0 Å². The van der Waals surface area contributed by atoms with Crippen LogP contribution in [0.2, 0.25) is 0 Å². The van der Waals surface area contributed by atoms with Crippen LogP contribution < -0.4 is 4.90 Å². The fourth-order valence-corrected chi connectivity index (χ4v) is 4.72. The minimum Gasteiger partial charge on any atom is -0.355 e. The first-order valence-electron chi connectivity index (χ1n) is 9.58. The number of amides is 1. The summed E-state index contributed by atoms with van der Waals surface area (Å²) in [6, 6.07) is 4.53. The van der Waals surface area contributed by atoms with Gasteiger partial charge < -0.3 is 14.7 Å². The van der Waals surface area contributed by atoms with E-state index in [1.54, 1.807) is 0 Å². The Balaban J connectivity index is 1.41. The summed E-state index contributed by atoms with van der Waals surface area (Å²) in [6.07, 6.45) is 5.20. The number of aryl methyl sites for hydroxylation is 1. The van der Waals surface area contributed by atoms with E-state index in [1.807, 2.05) is 13.0 Å². The Bertz CT molecular complexity index is 623. The number of likely N-dealkylation sites (tertiary alicyclic amines) is 2. The molecule has 1 aromatic heterocycles. The van der Waals surface area contributed by atoms with Crippen molar-refractivity contribution >= 4 is 11.7 Å². The zero-order valence-corrected chi connectivity index (χ0v) is 15.4. The van der Waals surface area contributed by atoms with E-state index >= 15 is 0 Å². The number of piperidine rings is 2. The van der Waals surface area contributed by atoms with Crippen molar-refractivity contribution in [2.75, 3.05) is 44.7 Å². The van der Waals surface area contributed by atoms with Gasteiger partial charge in [0, 0.05) is 38.6 Å². The van der Waals surface area contributed by atoms with Crippen LogP contribution in [0.25, 0.3) is 0 Å². The Morgan fingerprint density at radius 2 is 1.92 bits per heavy atom. The van der Waals surface area contributed by atoms with Crippen molar-refractivity contribution < 1.29 is 4.79 Å². The fraction of sp³-hybridized carbons (Fsp3) is 0.737. The number of carbonyl (C=O) groups is 1. The van der Waals surface area contributed by atoms with Crippen molar-refractivity contribution in [3.05, 3.63) is 17.8 Å². The molecule has 3 saturated heterocycles. The van der Waals surface area contributed by atoms with Gasteiger partial charge in [0.1, 0.15) is 0 Å². The lowest BCUT2D eigenvalue weighted by Gasteiger charge is -2.49. The quantitative estimate of drug-likeness (QED) is 0.818. The van der Waals surface area contributed by atoms with Gasteiger partial charge in [-0.2, -0.15) is 5.10 Å². The highest BCUT2D eigenvalue weighted by Crippen LogP contribution is 2.42. The Morgan fingerprint density at radius 1 is 1.12 bits per heavy atom. The third-order valence-corrected chi connectivity index (χ3v) is 6.43. The zero-order chi connectivity index (χ0) is 17.4.